The molecular formula is C24H32N6O9. The van der Waals surface area contributed by atoms with Crippen molar-refractivity contribution in [3.63, 3.8) is 0 Å². The van der Waals surface area contributed by atoms with Crippen LogP contribution in [0.15, 0.2) is 36.8 Å². The van der Waals surface area contributed by atoms with Crippen molar-refractivity contribution >= 4 is 29.7 Å². The number of imidazole rings is 1. The number of aromatic hydroxyl groups is 1. The predicted molar refractivity (Wildman–Crippen MR) is 134 cm³/mol. The number of nitrogens with two attached hydrogens (primary N) is 1. The number of hydrogen-bond acceptors (Lipinski definition) is 9. The fraction of sp³-hybridized carbons (Fsp3) is 0.417. The minimum atomic E-state index is -1.71. The van der Waals surface area contributed by atoms with Crippen LogP contribution in [-0.2, 0) is 36.8 Å². The molecule has 0 bridgehead atoms. The van der Waals surface area contributed by atoms with Gasteiger partial charge in [0.1, 0.15) is 17.8 Å². The van der Waals surface area contributed by atoms with Crippen LogP contribution in [0.5, 0.6) is 5.75 Å². The highest BCUT2D eigenvalue weighted by molar-refractivity contribution is 5.94. The van der Waals surface area contributed by atoms with E-state index in [-0.39, 0.29) is 18.6 Å². The molecule has 5 atom stereocenters. The molecule has 0 radical (unpaired) electrons. The number of aliphatic carboxylic acids is 2. The van der Waals surface area contributed by atoms with Crippen LogP contribution < -0.4 is 21.7 Å². The van der Waals surface area contributed by atoms with Gasteiger partial charge in [0.15, 0.2) is 6.04 Å². The summed E-state index contributed by atoms with van der Waals surface area (Å²) in [6.07, 6.45) is 0.451. The van der Waals surface area contributed by atoms with Crippen molar-refractivity contribution in [1.82, 2.24) is 25.9 Å². The van der Waals surface area contributed by atoms with Crippen LogP contribution in [0.1, 0.15) is 31.0 Å². The molecule has 39 heavy (non-hydrogen) atoms. The Morgan fingerprint density at radius 2 is 1.56 bits per heavy atom. The van der Waals surface area contributed by atoms with E-state index < -0.39 is 72.8 Å². The second-order valence-corrected chi connectivity index (χ2v) is 8.88. The molecule has 0 aliphatic carbocycles. The van der Waals surface area contributed by atoms with Gasteiger partial charge in [-0.15, -0.1) is 0 Å². The Morgan fingerprint density at radius 1 is 0.949 bits per heavy atom. The number of aromatic amines is 1. The lowest BCUT2D eigenvalue weighted by atomic mass is 10.0. The van der Waals surface area contributed by atoms with Crippen molar-refractivity contribution in [2.24, 2.45) is 5.73 Å². The molecule has 2 rings (SSSR count). The van der Waals surface area contributed by atoms with E-state index in [0.717, 1.165) is 6.92 Å². The van der Waals surface area contributed by atoms with Crippen molar-refractivity contribution in [2.75, 3.05) is 0 Å². The fourth-order valence-electron chi connectivity index (χ4n) is 3.53. The molecule has 1 aromatic carbocycles. The van der Waals surface area contributed by atoms with Gasteiger partial charge in [-0.3, -0.25) is 19.2 Å². The molecular weight excluding hydrogens is 516 g/mol. The third kappa shape index (κ3) is 10.1. The number of rotatable bonds is 15. The number of hydrogen-bond donors (Lipinski definition) is 9. The summed E-state index contributed by atoms with van der Waals surface area (Å²) in [5, 5.41) is 44.5. The third-order valence-electron chi connectivity index (χ3n) is 5.67. The Balaban J connectivity index is 2.24. The summed E-state index contributed by atoms with van der Waals surface area (Å²) in [4.78, 5) is 68.1. The number of phenols is 1. The minimum absolute atomic E-state index is 0.0260. The molecule has 2 aromatic rings. The van der Waals surface area contributed by atoms with E-state index in [9.17, 15) is 39.3 Å². The zero-order chi connectivity index (χ0) is 29.1. The average molecular weight is 549 g/mol. The van der Waals surface area contributed by atoms with Gasteiger partial charge in [0.25, 0.3) is 0 Å². The topological polar surface area (TPSA) is 257 Å². The lowest BCUT2D eigenvalue weighted by Crippen LogP contribution is -2.58. The van der Waals surface area contributed by atoms with Crippen molar-refractivity contribution in [1.29, 1.82) is 0 Å². The summed E-state index contributed by atoms with van der Waals surface area (Å²) in [6, 6.07) is 0.197. The summed E-state index contributed by atoms with van der Waals surface area (Å²) in [5.41, 5.74) is 7.09. The number of carbonyl (C=O) groups excluding carboxylic acids is 3. The molecule has 0 aliphatic heterocycles. The molecule has 5 unspecified atom stereocenters. The number of carboxylic acids is 2. The van der Waals surface area contributed by atoms with Gasteiger partial charge in [0.2, 0.25) is 17.7 Å². The summed E-state index contributed by atoms with van der Waals surface area (Å²) in [5.74, 6) is -5.45. The van der Waals surface area contributed by atoms with Crippen molar-refractivity contribution in [3.8, 4) is 5.75 Å². The van der Waals surface area contributed by atoms with E-state index in [4.69, 9.17) is 10.8 Å². The lowest BCUT2D eigenvalue weighted by Gasteiger charge is -2.25. The Hall–Kier alpha value is -4.50. The molecule has 0 aliphatic rings. The first-order chi connectivity index (χ1) is 18.4. The summed E-state index contributed by atoms with van der Waals surface area (Å²) >= 11 is 0. The van der Waals surface area contributed by atoms with E-state index >= 15 is 0 Å². The van der Waals surface area contributed by atoms with E-state index in [1.54, 1.807) is 0 Å². The van der Waals surface area contributed by atoms with Crippen LogP contribution in [0, 0.1) is 0 Å². The molecule has 0 spiro atoms. The normalized spacial score (nSPS) is 14.7. The smallest absolute Gasteiger partial charge is 0.328 e. The summed E-state index contributed by atoms with van der Waals surface area (Å²) in [7, 11) is 0. The molecule has 10 N–H and O–H groups in total. The van der Waals surface area contributed by atoms with Gasteiger partial charge in [-0.1, -0.05) is 12.1 Å². The number of aromatic nitrogens is 2. The van der Waals surface area contributed by atoms with Crippen LogP contribution in [0.4, 0.5) is 0 Å². The number of carboxylic acid groups (broad SMARTS) is 2. The van der Waals surface area contributed by atoms with Crippen LogP contribution in [0.3, 0.4) is 0 Å². The van der Waals surface area contributed by atoms with E-state index in [1.807, 2.05) is 0 Å². The maximum Gasteiger partial charge on any atom is 0.328 e. The van der Waals surface area contributed by atoms with Crippen molar-refractivity contribution in [3.05, 3.63) is 48.0 Å². The average Bonchev–Trinajstić information content (AvgIpc) is 3.38. The minimum Gasteiger partial charge on any atom is -0.508 e. The molecule has 0 saturated carbocycles. The van der Waals surface area contributed by atoms with Gasteiger partial charge in [0.05, 0.1) is 18.5 Å². The zero-order valence-corrected chi connectivity index (χ0v) is 21.0. The second kappa shape index (κ2) is 14.4. The number of aliphatic hydroxyl groups excluding tert-OH is 1. The number of carbonyl (C=O) groups is 5. The van der Waals surface area contributed by atoms with Gasteiger partial charge in [0, 0.05) is 31.2 Å². The van der Waals surface area contributed by atoms with Crippen LogP contribution in [0.2, 0.25) is 0 Å². The molecule has 0 saturated heterocycles. The van der Waals surface area contributed by atoms with Crippen LogP contribution >= 0.6 is 0 Å². The Bertz CT molecular complexity index is 1140. The van der Waals surface area contributed by atoms with Gasteiger partial charge in [-0.25, -0.2) is 9.78 Å². The first kappa shape index (κ1) is 30.7. The standard InChI is InChI=1S/C24H32N6O9/c1-12(31)20(24(38)39)30-22(36)17(6-7-19(33)34)28-23(37)18(8-13-2-4-15(32)5-3-13)29-21(35)16(25)9-14-10-26-11-27-14/h2-5,10-12,16-18,20,31-32H,6-9,25H2,1H3,(H,26,27)(H,28,37)(H,29,35)(H,30,36)(H,33,34)(H,38,39). The second-order valence-electron chi connectivity index (χ2n) is 8.88. The van der Waals surface area contributed by atoms with Gasteiger partial charge >= 0.3 is 11.9 Å². The highest BCUT2D eigenvalue weighted by Crippen LogP contribution is 2.12. The molecule has 212 valence electrons. The van der Waals surface area contributed by atoms with E-state index in [2.05, 4.69) is 25.9 Å². The highest BCUT2D eigenvalue weighted by atomic mass is 16.4. The molecule has 15 nitrogen and oxygen atoms in total. The third-order valence-corrected chi connectivity index (χ3v) is 5.67. The van der Waals surface area contributed by atoms with E-state index in [0.29, 0.717) is 11.3 Å². The van der Waals surface area contributed by atoms with Crippen molar-refractivity contribution in [2.45, 2.75) is 62.9 Å². The number of nitrogens with one attached hydrogen (secondary N) is 4. The maximum atomic E-state index is 13.3. The van der Waals surface area contributed by atoms with Crippen LogP contribution in [0.25, 0.3) is 0 Å². The quantitative estimate of drug-likeness (QED) is 0.118. The Morgan fingerprint density at radius 3 is 2.10 bits per heavy atom. The zero-order valence-electron chi connectivity index (χ0n) is 21.0. The monoisotopic (exact) mass is 548 g/mol. The number of H-pyrrole nitrogens is 1. The number of aliphatic hydroxyl groups is 1. The lowest BCUT2D eigenvalue weighted by molar-refractivity contribution is -0.145. The van der Waals surface area contributed by atoms with Crippen LogP contribution in [-0.4, -0.2) is 90.3 Å². The molecule has 1 aromatic heterocycles. The predicted octanol–water partition coefficient (Wildman–Crippen LogP) is -1.99. The number of amides is 3. The molecule has 15 heteroatoms. The van der Waals surface area contributed by atoms with Gasteiger partial charge in [-0.05, 0) is 31.0 Å². The molecule has 1 heterocycles. The first-order valence-electron chi connectivity index (χ1n) is 11.9. The molecule has 3 amide bonds. The summed E-state index contributed by atoms with van der Waals surface area (Å²) < 4.78 is 0. The van der Waals surface area contributed by atoms with Crippen molar-refractivity contribution < 1.29 is 44.4 Å². The summed E-state index contributed by atoms with van der Waals surface area (Å²) in [6.45, 7) is 1.14. The maximum absolute atomic E-state index is 13.3. The number of benzene rings is 1. The fourth-order valence-corrected chi connectivity index (χ4v) is 3.53. The Kier molecular flexibility index (Phi) is 11.4. The number of phenolic OH excluding ortho intramolecular Hbond substituents is 1. The van der Waals surface area contributed by atoms with Gasteiger partial charge in [-0.2, -0.15) is 0 Å². The Labute approximate surface area is 222 Å². The van der Waals surface area contributed by atoms with E-state index in [1.165, 1.54) is 36.8 Å². The largest absolute Gasteiger partial charge is 0.508 e. The molecule has 0 fully saturated rings. The van der Waals surface area contributed by atoms with Gasteiger partial charge < -0.3 is 47.1 Å². The number of nitrogens with zero attached hydrogens (tertiary/aromatic N) is 1. The SMILES string of the molecule is CC(O)C(NC(=O)C(CCC(=O)O)NC(=O)C(Cc1ccc(O)cc1)NC(=O)C(N)Cc1cnc[nH]1)C(=O)O. The highest BCUT2D eigenvalue weighted by Gasteiger charge is 2.32. The first-order valence-corrected chi connectivity index (χ1v) is 11.9.